The van der Waals surface area contributed by atoms with Crippen molar-refractivity contribution in [1.29, 1.82) is 0 Å². The fourth-order valence-corrected chi connectivity index (χ4v) is 1.70. The molecule has 0 aromatic heterocycles. The number of primary amides is 1. The van der Waals surface area contributed by atoms with Crippen LogP contribution in [0.1, 0.15) is 20.8 Å². The first kappa shape index (κ1) is 14.1. The summed E-state index contributed by atoms with van der Waals surface area (Å²) < 4.78 is 19.5. The first-order chi connectivity index (χ1) is 7.01. The molecule has 0 aliphatic rings. The topological polar surface area (TPSA) is 91.0 Å². The van der Waals surface area contributed by atoms with E-state index < -0.39 is 17.5 Å². The average molecular weight is 235 g/mol. The van der Waals surface area contributed by atoms with E-state index in [4.69, 9.17) is 5.73 Å². The summed E-state index contributed by atoms with van der Waals surface area (Å²) in [6.45, 7) is 7.30. The number of carbonyl (C=O) groups is 1. The van der Waals surface area contributed by atoms with Gasteiger partial charge in [-0.25, -0.2) is 4.79 Å². The summed E-state index contributed by atoms with van der Waals surface area (Å²) in [5.41, 5.74) is 4.73. The summed E-state index contributed by atoms with van der Waals surface area (Å²) in [6.07, 6.45) is -0.945. The molecule has 0 saturated heterocycles. The maximum Gasteiger partial charge on any atom is 0.408 e. The van der Waals surface area contributed by atoms with Gasteiger partial charge in [0.05, 0.1) is 0 Å². The Bertz CT molecular complexity index is 231. The second-order valence-corrected chi connectivity index (χ2v) is 3.77. The molecule has 0 aliphatic heterocycles. The van der Waals surface area contributed by atoms with Gasteiger partial charge in [0.1, 0.15) is 11.4 Å². The molecule has 0 aromatic carbocycles. The SMILES string of the molecule is CCN(CC)C(C)=N[S+]([O-])COC(N)=O. The zero-order valence-electron chi connectivity index (χ0n) is 9.23. The van der Waals surface area contributed by atoms with Crippen molar-refractivity contribution >= 4 is 23.3 Å². The Morgan fingerprint density at radius 3 is 2.47 bits per heavy atom. The number of ether oxygens (including phenoxy) is 1. The molecular formula is C8H17N3O3S. The highest BCUT2D eigenvalue weighted by Gasteiger charge is 2.10. The normalized spacial score (nSPS) is 13.5. The summed E-state index contributed by atoms with van der Waals surface area (Å²) >= 11 is -1.57. The largest absolute Gasteiger partial charge is 0.588 e. The number of nitrogens with zero attached hydrogens (tertiary/aromatic N) is 2. The smallest absolute Gasteiger partial charge is 0.408 e. The molecule has 0 fully saturated rings. The third-order valence-electron chi connectivity index (χ3n) is 1.76. The van der Waals surface area contributed by atoms with E-state index in [1.807, 2.05) is 18.7 Å². The number of amidine groups is 1. The number of nitrogens with two attached hydrogens (primary N) is 1. The van der Waals surface area contributed by atoms with Crippen molar-refractivity contribution in [3.8, 4) is 0 Å². The Labute approximate surface area is 92.8 Å². The highest BCUT2D eigenvalue weighted by molar-refractivity contribution is 7.90. The van der Waals surface area contributed by atoms with Crippen molar-refractivity contribution in [1.82, 2.24) is 4.90 Å². The summed E-state index contributed by atoms with van der Waals surface area (Å²) in [5, 5.41) is 0. The van der Waals surface area contributed by atoms with E-state index >= 15 is 0 Å². The number of rotatable bonds is 5. The summed E-state index contributed by atoms with van der Waals surface area (Å²) in [7, 11) is 0. The van der Waals surface area contributed by atoms with Gasteiger partial charge in [-0.05, 0) is 25.2 Å². The minimum Gasteiger partial charge on any atom is -0.588 e. The van der Waals surface area contributed by atoms with Crippen LogP contribution in [0.2, 0.25) is 0 Å². The Balaban J connectivity index is 4.14. The summed E-state index contributed by atoms with van der Waals surface area (Å²) in [5.74, 6) is 0.361. The van der Waals surface area contributed by atoms with E-state index in [9.17, 15) is 9.35 Å². The van der Waals surface area contributed by atoms with Gasteiger partial charge < -0.3 is 19.9 Å². The molecule has 0 rings (SSSR count). The lowest BCUT2D eigenvalue weighted by Crippen LogP contribution is -2.29. The van der Waals surface area contributed by atoms with Crippen molar-refractivity contribution in [3.05, 3.63) is 0 Å². The van der Waals surface area contributed by atoms with Gasteiger partial charge in [0.15, 0.2) is 5.84 Å². The number of amides is 1. The second kappa shape index (κ2) is 7.36. The van der Waals surface area contributed by atoms with E-state index in [0.29, 0.717) is 5.84 Å². The first-order valence-corrected chi connectivity index (χ1v) is 5.89. The number of hydrogen-bond acceptors (Lipinski definition) is 4. The second-order valence-electron chi connectivity index (χ2n) is 2.71. The zero-order chi connectivity index (χ0) is 11.8. The van der Waals surface area contributed by atoms with Crippen LogP contribution in [0, 0.1) is 0 Å². The molecule has 0 heterocycles. The van der Waals surface area contributed by atoms with Gasteiger partial charge in [-0.15, -0.1) is 0 Å². The third-order valence-corrected chi connectivity index (χ3v) is 2.54. The van der Waals surface area contributed by atoms with Crippen molar-refractivity contribution in [2.45, 2.75) is 20.8 Å². The van der Waals surface area contributed by atoms with E-state index in [-0.39, 0.29) is 5.94 Å². The van der Waals surface area contributed by atoms with E-state index in [0.717, 1.165) is 13.1 Å². The molecule has 0 spiro atoms. The van der Waals surface area contributed by atoms with Gasteiger partial charge in [-0.2, -0.15) is 0 Å². The standard InChI is InChI=1S/C8H17N3O3S/c1-4-11(5-2)7(3)10-15(13)6-14-8(9)12/h4-6H2,1-3H3,(H2,9,12). The van der Waals surface area contributed by atoms with Crippen LogP contribution in [-0.4, -0.2) is 40.4 Å². The summed E-state index contributed by atoms with van der Waals surface area (Å²) in [4.78, 5) is 12.2. The van der Waals surface area contributed by atoms with Crippen molar-refractivity contribution < 1.29 is 14.1 Å². The maximum absolute atomic E-state index is 11.3. The fraction of sp³-hybridized carbons (Fsp3) is 0.750. The highest BCUT2D eigenvalue weighted by Crippen LogP contribution is 1.99. The van der Waals surface area contributed by atoms with Crippen molar-refractivity contribution in [3.63, 3.8) is 0 Å². The molecule has 7 heteroatoms. The van der Waals surface area contributed by atoms with Gasteiger partial charge in [-0.3, -0.25) is 0 Å². The van der Waals surface area contributed by atoms with Gasteiger partial charge in [-0.1, -0.05) is 0 Å². The van der Waals surface area contributed by atoms with Gasteiger partial charge in [0, 0.05) is 13.1 Å². The van der Waals surface area contributed by atoms with E-state index in [2.05, 4.69) is 9.13 Å². The molecule has 88 valence electrons. The molecular weight excluding hydrogens is 218 g/mol. The van der Waals surface area contributed by atoms with Crippen LogP contribution in [0.15, 0.2) is 4.40 Å². The molecule has 0 bridgehead atoms. The highest BCUT2D eigenvalue weighted by atomic mass is 32.2. The molecule has 1 atom stereocenters. The van der Waals surface area contributed by atoms with Crippen molar-refractivity contribution in [2.24, 2.45) is 10.1 Å². The lowest BCUT2D eigenvalue weighted by atomic mass is 10.5. The Morgan fingerprint density at radius 1 is 1.53 bits per heavy atom. The van der Waals surface area contributed by atoms with E-state index in [1.54, 1.807) is 6.92 Å². The van der Waals surface area contributed by atoms with Gasteiger partial charge in [0.2, 0.25) is 0 Å². The monoisotopic (exact) mass is 235 g/mol. The van der Waals surface area contributed by atoms with Crippen LogP contribution in [-0.2, 0) is 16.1 Å². The number of carbonyl (C=O) groups excluding carboxylic acids is 1. The zero-order valence-corrected chi connectivity index (χ0v) is 10.0. The average Bonchev–Trinajstić information content (AvgIpc) is 2.16. The molecule has 0 aromatic rings. The predicted molar refractivity (Wildman–Crippen MR) is 59.7 cm³/mol. The minimum absolute atomic E-state index is 0.298. The maximum atomic E-state index is 11.3. The lowest BCUT2D eigenvalue weighted by Gasteiger charge is -2.19. The molecule has 15 heavy (non-hydrogen) atoms. The van der Waals surface area contributed by atoms with Crippen LogP contribution in [0.3, 0.4) is 0 Å². The predicted octanol–water partition coefficient (Wildman–Crippen LogP) is 0.463. The molecule has 0 aliphatic carbocycles. The number of hydrogen-bond donors (Lipinski definition) is 1. The Kier molecular flexibility index (Phi) is 6.89. The van der Waals surface area contributed by atoms with Gasteiger partial charge in [0.25, 0.3) is 5.94 Å². The fourth-order valence-electron chi connectivity index (χ4n) is 1.02. The quantitative estimate of drug-likeness (QED) is 0.426. The lowest BCUT2D eigenvalue weighted by molar-refractivity contribution is 0.174. The summed E-state index contributed by atoms with van der Waals surface area (Å²) in [6, 6.07) is 0. The molecule has 6 nitrogen and oxygen atoms in total. The molecule has 0 saturated carbocycles. The molecule has 2 N–H and O–H groups in total. The van der Waals surface area contributed by atoms with Crippen LogP contribution < -0.4 is 5.73 Å². The van der Waals surface area contributed by atoms with E-state index in [1.165, 1.54) is 0 Å². The van der Waals surface area contributed by atoms with Crippen LogP contribution in [0.5, 0.6) is 0 Å². The van der Waals surface area contributed by atoms with Crippen LogP contribution in [0.25, 0.3) is 0 Å². The van der Waals surface area contributed by atoms with Gasteiger partial charge >= 0.3 is 6.09 Å². The molecule has 1 amide bonds. The molecule has 0 radical (unpaired) electrons. The van der Waals surface area contributed by atoms with Crippen LogP contribution >= 0.6 is 0 Å². The van der Waals surface area contributed by atoms with Crippen LogP contribution in [0.4, 0.5) is 4.79 Å². The Hall–Kier alpha value is -0.950. The Morgan fingerprint density at radius 2 is 2.07 bits per heavy atom. The minimum atomic E-state index is -1.57. The molecule has 1 unspecified atom stereocenters. The first-order valence-electron chi connectivity index (χ1n) is 4.62. The third kappa shape index (κ3) is 6.19. The van der Waals surface area contributed by atoms with Crippen molar-refractivity contribution in [2.75, 3.05) is 19.0 Å².